The summed E-state index contributed by atoms with van der Waals surface area (Å²) in [5.74, 6) is 1.21. The van der Waals surface area contributed by atoms with E-state index in [4.69, 9.17) is 0 Å². The normalized spacial score (nSPS) is 11.4. The molecule has 148 valence electrons. The van der Waals surface area contributed by atoms with Crippen LogP contribution in [0.25, 0.3) is 5.69 Å². The lowest BCUT2D eigenvalue weighted by molar-refractivity contribution is 0.102. The van der Waals surface area contributed by atoms with Crippen molar-refractivity contribution in [2.45, 2.75) is 45.7 Å². The summed E-state index contributed by atoms with van der Waals surface area (Å²) in [5.41, 5.74) is 3.68. The smallest absolute Gasteiger partial charge is 0.191 e. The highest BCUT2D eigenvalue weighted by molar-refractivity contribution is 7.99. The first kappa shape index (κ1) is 20.3. The third kappa shape index (κ3) is 3.76. The van der Waals surface area contributed by atoms with Gasteiger partial charge < -0.3 is 9.13 Å². The predicted octanol–water partition coefficient (Wildman–Crippen LogP) is 4.77. The van der Waals surface area contributed by atoms with Crippen LogP contribution in [0.15, 0.2) is 29.4 Å². The van der Waals surface area contributed by atoms with Crippen LogP contribution in [0.1, 0.15) is 52.9 Å². The van der Waals surface area contributed by atoms with E-state index in [1.54, 1.807) is 13.0 Å². The number of nitrogens with zero attached hydrogens (tertiary/aromatic N) is 4. The molecule has 28 heavy (non-hydrogen) atoms. The van der Waals surface area contributed by atoms with Crippen LogP contribution < -0.4 is 0 Å². The van der Waals surface area contributed by atoms with Crippen LogP contribution in [0.5, 0.6) is 0 Å². The van der Waals surface area contributed by atoms with Crippen molar-refractivity contribution in [3.8, 4) is 5.69 Å². The Morgan fingerprint density at radius 1 is 1.18 bits per heavy atom. The Balaban J connectivity index is 1.82. The van der Waals surface area contributed by atoms with Gasteiger partial charge in [-0.25, -0.2) is 4.39 Å². The summed E-state index contributed by atoms with van der Waals surface area (Å²) in [7, 11) is 1.92. The number of hydrogen-bond donors (Lipinski definition) is 0. The molecule has 0 bridgehead atoms. The summed E-state index contributed by atoms with van der Waals surface area (Å²) in [6, 6.07) is 6.99. The third-order valence-corrected chi connectivity index (χ3v) is 5.88. The fraction of sp³-hybridized carbons (Fsp3) is 0.381. The molecular formula is C21H25FN4OS. The average molecular weight is 401 g/mol. The molecular weight excluding hydrogens is 375 g/mol. The molecule has 0 aliphatic heterocycles. The minimum Gasteiger partial charge on any atom is -0.318 e. The van der Waals surface area contributed by atoms with Gasteiger partial charge in [-0.3, -0.25) is 4.79 Å². The molecule has 0 radical (unpaired) electrons. The zero-order chi connectivity index (χ0) is 20.6. The SMILES string of the molecule is Cc1ccc(-n2c(C)cc(C(=O)CSc3nnc(C(C)C)n3C)c2C)cc1F. The molecule has 3 rings (SSSR count). The number of aromatic nitrogens is 4. The lowest BCUT2D eigenvalue weighted by Gasteiger charge is -2.11. The van der Waals surface area contributed by atoms with Gasteiger partial charge >= 0.3 is 0 Å². The Morgan fingerprint density at radius 2 is 1.89 bits per heavy atom. The molecule has 0 fully saturated rings. The summed E-state index contributed by atoms with van der Waals surface area (Å²) in [6.45, 7) is 9.67. The zero-order valence-corrected chi connectivity index (χ0v) is 17.9. The summed E-state index contributed by atoms with van der Waals surface area (Å²) >= 11 is 1.38. The number of carbonyl (C=O) groups excluding carboxylic acids is 1. The van der Waals surface area contributed by atoms with Gasteiger partial charge in [-0.2, -0.15) is 0 Å². The first-order valence-corrected chi connectivity index (χ1v) is 10.2. The van der Waals surface area contributed by atoms with Crippen LogP contribution >= 0.6 is 11.8 Å². The van der Waals surface area contributed by atoms with E-state index in [0.717, 1.165) is 28.1 Å². The van der Waals surface area contributed by atoms with Crippen molar-refractivity contribution in [2.75, 3.05) is 5.75 Å². The predicted molar refractivity (Wildman–Crippen MR) is 110 cm³/mol. The Bertz CT molecular complexity index is 1040. The highest BCUT2D eigenvalue weighted by Gasteiger charge is 2.19. The number of hydrogen-bond acceptors (Lipinski definition) is 4. The first-order valence-electron chi connectivity index (χ1n) is 9.21. The quantitative estimate of drug-likeness (QED) is 0.442. The molecule has 0 aliphatic carbocycles. The van der Waals surface area contributed by atoms with Crippen molar-refractivity contribution in [1.82, 2.24) is 19.3 Å². The Labute approximate surface area is 169 Å². The fourth-order valence-corrected chi connectivity index (χ4v) is 4.13. The molecule has 0 aliphatic rings. The second kappa shape index (κ2) is 7.91. The molecule has 2 aromatic heterocycles. The molecule has 0 N–H and O–H groups in total. The number of rotatable bonds is 6. The van der Waals surface area contributed by atoms with Crippen molar-refractivity contribution in [3.05, 3.63) is 58.4 Å². The average Bonchev–Trinajstić information content (AvgIpc) is 3.15. The summed E-state index contributed by atoms with van der Waals surface area (Å²) < 4.78 is 17.8. The Kier molecular flexibility index (Phi) is 5.74. The maximum absolute atomic E-state index is 14.0. The molecule has 1 aromatic carbocycles. The van der Waals surface area contributed by atoms with Gasteiger partial charge in [0.1, 0.15) is 11.6 Å². The highest BCUT2D eigenvalue weighted by atomic mass is 32.2. The van der Waals surface area contributed by atoms with Gasteiger partial charge in [0.05, 0.1) is 5.75 Å². The number of halogens is 1. The Hall–Kier alpha value is -2.41. The van der Waals surface area contributed by atoms with Gasteiger partial charge in [-0.15, -0.1) is 10.2 Å². The van der Waals surface area contributed by atoms with Gasteiger partial charge in [0.15, 0.2) is 10.9 Å². The van der Waals surface area contributed by atoms with E-state index >= 15 is 0 Å². The number of aryl methyl sites for hydroxylation is 2. The van der Waals surface area contributed by atoms with Gasteiger partial charge in [0, 0.05) is 35.6 Å². The molecule has 0 amide bonds. The molecule has 7 heteroatoms. The van der Waals surface area contributed by atoms with E-state index in [0.29, 0.717) is 11.1 Å². The van der Waals surface area contributed by atoms with Crippen LogP contribution in [0.4, 0.5) is 4.39 Å². The Morgan fingerprint density at radius 3 is 2.50 bits per heavy atom. The van der Waals surface area contributed by atoms with Crippen LogP contribution in [0, 0.1) is 26.6 Å². The van der Waals surface area contributed by atoms with Gasteiger partial charge in [0.25, 0.3) is 0 Å². The van der Waals surface area contributed by atoms with E-state index in [1.165, 1.54) is 17.8 Å². The fourth-order valence-electron chi connectivity index (χ4n) is 3.33. The molecule has 2 heterocycles. The first-order chi connectivity index (χ1) is 13.2. The number of carbonyl (C=O) groups is 1. The summed E-state index contributed by atoms with van der Waals surface area (Å²) in [5, 5.41) is 9.12. The van der Waals surface area contributed by atoms with E-state index in [-0.39, 0.29) is 23.3 Å². The van der Waals surface area contributed by atoms with E-state index in [9.17, 15) is 9.18 Å². The van der Waals surface area contributed by atoms with Crippen LogP contribution in [0.3, 0.4) is 0 Å². The van der Waals surface area contributed by atoms with Crippen molar-refractivity contribution in [3.63, 3.8) is 0 Å². The summed E-state index contributed by atoms with van der Waals surface area (Å²) in [4.78, 5) is 12.8. The topological polar surface area (TPSA) is 52.7 Å². The molecule has 0 spiro atoms. The molecule has 5 nitrogen and oxygen atoms in total. The zero-order valence-electron chi connectivity index (χ0n) is 17.1. The number of benzene rings is 1. The van der Waals surface area contributed by atoms with Gasteiger partial charge in [-0.1, -0.05) is 31.7 Å². The standard InChI is InChI=1S/C21H25FN4OS/c1-12(2)20-23-24-21(25(20)6)28-11-19(27)17-9-14(4)26(15(17)5)16-8-7-13(3)18(22)10-16/h7-10,12H,11H2,1-6H3. The molecule has 0 unspecified atom stereocenters. The lowest BCUT2D eigenvalue weighted by Crippen LogP contribution is -2.07. The monoisotopic (exact) mass is 400 g/mol. The second-order valence-corrected chi connectivity index (χ2v) is 8.26. The van der Waals surface area contributed by atoms with Gasteiger partial charge in [-0.05, 0) is 44.5 Å². The molecule has 0 atom stereocenters. The van der Waals surface area contributed by atoms with E-state index in [2.05, 4.69) is 24.0 Å². The maximum atomic E-state index is 14.0. The summed E-state index contributed by atoms with van der Waals surface area (Å²) in [6.07, 6.45) is 0. The van der Waals surface area contributed by atoms with Crippen LogP contribution in [-0.2, 0) is 7.05 Å². The van der Waals surface area contributed by atoms with Crippen molar-refractivity contribution < 1.29 is 9.18 Å². The van der Waals surface area contributed by atoms with E-state index in [1.807, 2.05) is 42.2 Å². The highest BCUT2D eigenvalue weighted by Crippen LogP contribution is 2.25. The van der Waals surface area contributed by atoms with E-state index < -0.39 is 0 Å². The molecule has 3 aromatic rings. The maximum Gasteiger partial charge on any atom is 0.191 e. The minimum atomic E-state index is -0.253. The molecule has 0 saturated heterocycles. The van der Waals surface area contributed by atoms with Crippen molar-refractivity contribution >= 4 is 17.5 Å². The van der Waals surface area contributed by atoms with Crippen LogP contribution in [-0.4, -0.2) is 30.9 Å². The number of ketones is 1. The number of thioether (sulfide) groups is 1. The number of Topliss-reactive ketones (excluding diaryl/α,β-unsaturated/α-hetero) is 1. The van der Waals surface area contributed by atoms with Crippen molar-refractivity contribution in [1.29, 1.82) is 0 Å². The second-order valence-electron chi connectivity index (χ2n) is 7.32. The van der Waals surface area contributed by atoms with Gasteiger partial charge in [0.2, 0.25) is 0 Å². The molecule has 0 saturated carbocycles. The minimum absolute atomic E-state index is 0.0195. The lowest BCUT2D eigenvalue weighted by atomic mass is 10.2. The third-order valence-electron chi connectivity index (χ3n) is 4.86. The van der Waals surface area contributed by atoms with Crippen molar-refractivity contribution in [2.24, 2.45) is 7.05 Å². The largest absolute Gasteiger partial charge is 0.318 e. The van der Waals surface area contributed by atoms with Crippen LogP contribution in [0.2, 0.25) is 0 Å².